The van der Waals surface area contributed by atoms with E-state index in [1.54, 1.807) is 0 Å². The number of rotatable bonds is 5. The van der Waals surface area contributed by atoms with E-state index in [2.05, 4.69) is 10.2 Å². The van der Waals surface area contributed by atoms with Crippen molar-refractivity contribution in [3.63, 3.8) is 0 Å². The van der Waals surface area contributed by atoms with Crippen LogP contribution in [0.2, 0.25) is 0 Å². The van der Waals surface area contributed by atoms with Gasteiger partial charge >= 0.3 is 11.7 Å². The second kappa shape index (κ2) is 5.78. The lowest BCUT2D eigenvalue weighted by Gasteiger charge is -2.07. The first-order valence-corrected chi connectivity index (χ1v) is 6.37. The average molecular weight is 299 g/mol. The summed E-state index contributed by atoms with van der Waals surface area (Å²) in [6, 6.07) is 3.86. The van der Waals surface area contributed by atoms with Crippen LogP contribution in [0.25, 0.3) is 5.69 Å². The number of nitrogens with one attached hydrogen (secondary N) is 1. The lowest BCUT2D eigenvalue weighted by atomic mass is 10.3. The van der Waals surface area contributed by atoms with E-state index >= 15 is 0 Å². The Kier molecular flexibility index (Phi) is 4.08. The maximum Gasteiger partial charge on any atom is 0.348 e. The van der Waals surface area contributed by atoms with E-state index in [1.165, 1.54) is 19.2 Å². The number of thioether (sulfide) groups is 1. The number of hydrogen-bond donors (Lipinski definition) is 2. The van der Waals surface area contributed by atoms with E-state index in [4.69, 9.17) is 9.84 Å². The first-order valence-electron chi connectivity index (χ1n) is 5.39. The summed E-state index contributed by atoms with van der Waals surface area (Å²) in [5.74, 6) is -1.87. The van der Waals surface area contributed by atoms with E-state index in [0.29, 0.717) is 5.69 Å². The predicted octanol–water partition coefficient (Wildman–Crippen LogP) is 0.885. The van der Waals surface area contributed by atoms with Crippen molar-refractivity contribution in [3.8, 4) is 11.4 Å². The average Bonchev–Trinajstić information content (AvgIpc) is 2.78. The summed E-state index contributed by atoms with van der Waals surface area (Å²) < 4.78 is 19.3. The fourth-order valence-electron chi connectivity index (χ4n) is 1.52. The molecule has 0 amide bonds. The molecule has 0 fully saturated rings. The van der Waals surface area contributed by atoms with Crippen LogP contribution in [0.1, 0.15) is 0 Å². The summed E-state index contributed by atoms with van der Waals surface area (Å²) in [6.45, 7) is 0. The number of hydrogen-bond acceptors (Lipinski definition) is 5. The number of aromatic nitrogens is 3. The summed E-state index contributed by atoms with van der Waals surface area (Å²) in [5, 5.41) is 14.8. The zero-order valence-corrected chi connectivity index (χ0v) is 11.1. The Morgan fingerprint density at radius 1 is 1.60 bits per heavy atom. The van der Waals surface area contributed by atoms with Crippen molar-refractivity contribution < 1.29 is 19.0 Å². The van der Waals surface area contributed by atoms with Gasteiger partial charge in [-0.15, -0.1) is 5.10 Å². The number of halogens is 1. The molecule has 0 atom stereocenters. The minimum absolute atomic E-state index is 0.0233. The maximum absolute atomic E-state index is 13.3. The van der Waals surface area contributed by atoms with Gasteiger partial charge < -0.3 is 9.84 Å². The number of carboxylic acid groups (broad SMARTS) is 1. The molecule has 0 radical (unpaired) electrons. The van der Waals surface area contributed by atoms with Gasteiger partial charge in [0.05, 0.1) is 18.6 Å². The molecule has 1 heterocycles. The zero-order valence-electron chi connectivity index (χ0n) is 10.3. The van der Waals surface area contributed by atoms with Crippen LogP contribution in [0, 0.1) is 5.82 Å². The molecule has 2 rings (SSSR count). The summed E-state index contributed by atoms with van der Waals surface area (Å²) in [7, 11) is 1.31. The van der Waals surface area contributed by atoms with Crippen molar-refractivity contribution in [1.29, 1.82) is 0 Å². The Balaban J connectivity index is 2.44. The fourth-order valence-corrected chi connectivity index (χ4v) is 2.20. The molecule has 0 saturated heterocycles. The first-order chi connectivity index (χ1) is 9.52. The second-order valence-electron chi connectivity index (χ2n) is 3.65. The highest BCUT2D eigenvalue weighted by Gasteiger charge is 2.14. The first kappa shape index (κ1) is 14.1. The highest BCUT2D eigenvalue weighted by atomic mass is 32.2. The molecule has 106 valence electrons. The van der Waals surface area contributed by atoms with E-state index in [0.717, 1.165) is 22.4 Å². The molecule has 2 N–H and O–H groups in total. The molecule has 0 aliphatic carbocycles. The van der Waals surface area contributed by atoms with Crippen LogP contribution in [0.3, 0.4) is 0 Å². The smallest absolute Gasteiger partial charge is 0.348 e. The molecule has 1 aromatic heterocycles. The Morgan fingerprint density at radius 2 is 2.35 bits per heavy atom. The summed E-state index contributed by atoms with van der Waals surface area (Å²) >= 11 is 0.875. The van der Waals surface area contributed by atoms with Crippen LogP contribution in [0.5, 0.6) is 5.75 Å². The van der Waals surface area contributed by atoms with Crippen LogP contribution < -0.4 is 10.4 Å². The Bertz CT molecular complexity index is 697. The maximum atomic E-state index is 13.3. The minimum Gasteiger partial charge on any atom is -0.494 e. The molecule has 0 bridgehead atoms. The molecule has 20 heavy (non-hydrogen) atoms. The van der Waals surface area contributed by atoms with Gasteiger partial charge in [0, 0.05) is 6.07 Å². The lowest BCUT2D eigenvalue weighted by Crippen LogP contribution is -2.16. The number of carboxylic acids is 1. The molecular formula is C11H10FN3O4S. The lowest BCUT2D eigenvalue weighted by molar-refractivity contribution is -0.133. The van der Waals surface area contributed by atoms with Crippen molar-refractivity contribution >= 4 is 17.7 Å². The molecule has 0 saturated carbocycles. The van der Waals surface area contributed by atoms with Crippen molar-refractivity contribution in [2.75, 3.05) is 12.9 Å². The number of methoxy groups -OCH3 is 1. The van der Waals surface area contributed by atoms with Crippen LogP contribution >= 0.6 is 11.8 Å². The molecule has 1 aromatic carbocycles. The summed E-state index contributed by atoms with van der Waals surface area (Å²) in [6.07, 6.45) is 0. The monoisotopic (exact) mass is 299 g/mol. The SMILES string of the molecule is COc1cc(-n2c(SCC(=O)O)n[nH]c2=O)ccc1F. The quantitative estimate of drug-likeness (QED) is 0.796. The Morgan fingerprint density at radius 3 is 3.00 bits per heavy atom. The normalized spacial score (nSPS) is 10.5. The highest BCUT2D eigenvalue weighted by molar-refractivity contribution is 7.99. The minimum atomic E-state index is -1.03. The molecule has 2 aromatic rings. The van der Waals surface area contributed by atoms with Gasteiger partial charge in [0.1, 0.15) is 0 Å². The third kappa shape index (κ3) is 2.82. The number of nitrogens with zero attached hydrogens (tertiary/aromatic N) is 2. The number of H-pyrrole nitrogens is 1. The Hall–Kier alpha value is -2.29. The molecule has 9 heteroatoms. The largest absolute Gasteiger partial charge is 0.494 e. The van der Waals surface area contributed by atoms with Crippen molar-refractivity contribution in [2.24, 2.45) is 0 Å². The third-order valence-corrected chi connectivity index (χ3v) is 3.28. The number of benzene rings is 1. The van der Waals surface area contributed by atoms with E-state index in [-0.39, 0.29) is 16.7 Å². The van der Waals surface area contributed by atoms with Gasteiger partial charge in [0.2, 0.25) is 0 Å². The van der Waals surface area contributed by atoms with Crippen molar-refractivity contribution in [2.45, 2.75) is 5.16 Å². The molecule has 0 aliphatic rings. The second-order valence-corrected chi connectivity index (χ2v) is 4.59. The van der Waals surface area contributed by atoms with Gasteiger partial charge in [-0.25, -0.2) is 18.9 Å². The number of aromatic amines is 1. The molecule has 0 spiro atoms. The standard InChI is InChI=1S/C11H10FN3O4S/c1-19-8-4-6(2-3-7(8)12)15-10(18)13-14-11(15)20-5-9(16)17/h2-4H,5H2,1H3,(H,13,18)(H,16,17). The van der Waals surface area contributed by atoms with Crippen LogP contribution in [0.15, 0.2) is 28.2 Å². The van der Waals surface area contributed by atoms with Gasteiger partial charge in [0.15, 0.2) is 16.7 Å². The molecule has 7 nitrogen and oxygen atoms in total. The van der Waals surface area contributed by atoms with Gasteiger partial charge in [-0.2, -0.15) is 0 Å². The van der Waals surface area contributed by atoms with Crippen molar-refractivity contribution in [1.82, 2.24) is 14.8 Å². The molecular weight excluding hydrogens is 289 g/mol. The molecule has 0 aliphatic heterocycles. The van der Waals surface area contributed by atoms with Crippen molar-refractivity contribution in [3.05, 3.63) is 34.5 Å². The number of carbonyl (C=O) groups is 1. The molecule has 0 unspecified atom stereocenters. The summed E-state index contributed by atoms with van der Waals surface area (Å²) in [4.78, 5) is 22.3. The highest BCUT2D eigenvalue weighted by Crippen LogP contribution is 2.23. The van der Waals surface area contributed by atoms with Gasteiger partial charge in [-0.1, -0.05) is 11.8 Å². The Labute approximate surface area is 116 Å². The third-order valence-electron chi connectivity index (χ3n) is 2.36. The summed E-state index contributed by atoms with van der Waals surface area (Å²) in [5.41, 5.74) is -0.221. The number of aliphatic carboxylic acids is 1. The van der Waals surface area contributed by atoms with Gasteiger partial charge in [-0.3, -0.25) is 4.79 Å². The topological polar surface area (TPSA) is 97.2 Å². The fraction of sp³-hybridized carbons (Fsp3) is 0.182. The van der Waals surface area contributed by atoms with Gasteiger partial charge in [0.25, 0.3) is 0 Å². The van der Waals surface area contributed by atoms with E-state index in [9.17, 15) is 14.0 Å². The number of ether oxygens (including phenoxy) is 1. The van der Waals surface area contributed by atoms with Crippen LogP contribution in [0.4, 0.5) is 4.39 Å². The van der Waals surface area contributed by atoms with E-state index < -0.39 is 17.5 Å². The zero-order chi connectivity index (χ0) is 14.7. The van der Waals surface area contributed by atoms with E-state index in [1.807, 2.05) is 0 Å². The van der Waals surface area contributed by atoms with Gasteiger partial charge in [-0.05, 0) is 12.1 Å². The van der Waals surface area contributed by atoms with Crippen LogP contribution in [-0.2, 0) is 4.79 Å². The predicted molar refractivity (Wildman–Crippen MR) is 69.1 cm³/mol. The van der Waals surface area contributed by atoms with Crippen LogP contribution in [-0.4, -0.2) is 38.7 Å².